The summed E-state index contributed by atoms with van der Waals surface area (Å²) >= 11 is 10.9. The molecule has 0 radical (unpaired) electrons. The van der Waals surface area contributed by atoms with E-state index in [1.54, 1.807) is 0 Å². The topological polar surface area (TPSA) is 4.93 Å². The minimum absolute atomic E-state index is 0.459. The Morgan fingerprint density at radius 2 is 1.79 bits per heavy atom. The maximum atomic E-state index is 3.77. The molecular weight excluding hydrogens is 494 g/mol. The Labute approximate surface area is 170 Å². The predicted molar refractivity (Wildman–Crippen MR) is 117 cm³/mol. The van der Waals surface area contributed by atoms with Gasteiger partial charge in [-0.3, -0.25) is 0 Å². The lowest BCUT2D eigenvalue weighted by molar-refractivity contribution is 0.557. The highest BCUT2D eigenvalue weighted by molar-refractivity contribution is 9.10. The largest absolute Gasteiger partial charge is 0.344 e. The molecule has 4 heteroatoms. The molecule has 130 valence electrons. The number of unbranched alkanes of at least 4 members (excludes halogenated alkanes) is 5. The second-order valence-corrected chi connectivity index (χ2v) is 9.45. The van der Waals surface area contributed by atoms with Crippen LogP contribution in [0.3, 0.4) is 0 Å². The number of hydrogen-bond acceptors (Lipinski definition) is 0. The van der Waals surface area contributed by atoms with Crippen LogP contribution < -0.4 is 0 Å². The van der Waals surface area contributed by atoms with Crippen molar-refractivity contribution in [1.29, 1.82) is 0 Å². The van der Waals surface area contributed by atoms with E-state index in [1.807, 2.05) is 0 Å². The van der Waals surface area contributed by atoms with E-state index in [2.05, 4.69) is 82.7 Å². The molecule has 0 bridgehead atoms. The fraction of sp³-hybridized carbons (Fsp3) is 0.500. The van der Waals surface area contributed by atoms with E-state index in [1.165, 1.54) is 65.2 Å². The van der Waals surface area contributed by atoms with E-state index >= 15 is 0 Å². The van der Waals surface area contributed by atoms with Gasteiger partial charge in [0.25, 0.3) is 0 Å². The monoisotopic (exact) mass is 515 g/mol. The smallest absolute Gasteiger partial charge is 0.0500 e. The minimum Gasteiger partial charge on any atom is -0.344 e. The normalized spacial score (nSPS) is 16.7. The van der Waals surface area contributed by atoms with Gasteiger partial charge in [-0.2, -0.15) is 0 Å². The maximum absolute atomic E-state index is 3.77. The molecule has 0 spiro atoms. The van der Waals surface area contributed by atoms with Crippen molar-refractivity contribution < 1.29 is 0 Å². The standard InChI is InChI=1S/C20H24Br3N/c21-11-5-3-1-2-4-6-12-24-19-13-15(22)7-9-17(19)18-10-8-16(23)14-20(18)24/h7-10,13,16H,1-6,11-12,14H2. The predicted octanol–water partition coefficient (Wildman–Crippen LogP) is 7.47. The summed E-state index contributed by atoms with van der Waals surface area (Å²) in [7, 11) is 0. The number of fused-ring (bicyclic) bond motifs is 3. The van der Waals surface area contributed by atoms with Gasteiger partial charge in [-0.1, -0.05) is 91.7 Å². The van der Waals surface area contributed by atoms with Gasteiger partial charge in [0, 0.05) is 49.8 Å². The van der Waals surface area contributed by atoms with Crippen LogP contribution in [0.4, 0.5) is 0 Å². The molecule has 1 unspecified atom stereocenters. The molecule has 1 nitrogen and oxygen atoms in total. The minimum atomic E-state index is 0.459. The first kappa shape index (κ1) is 18.7. The van der Waals surface area contributed by atoms with Crippen LogP contribution in [-0.4, -0.2) is 14.7 Å². The number of nitrogens with zero attached hydrogens (tertiary/aromatic N) is 1. The van der Waals surface area contributed by atoms with Crippen molar-refractivity contribution >= 4 is 64.8 Å². The third kappa shape index (κ3) is 4.37. The molecule has 0 saturated heterocycles. The van der Waals surface area contributed by atoms with Crippen LogP contribution in [0.15, 0.2) is 28.7 Å². The molecule has 2 aromatic rings. The first-order valence-corrected chi connectivity index (χ1v) is 11.7. The molecule has 0 N–H and O–H groups in total. The number of benzene rings is 1. The van der Waals surface area contributed by atoms with Crippen LogP contribution in [0.5, 0.6) is 0 Å². The highest BCUT2D eigenvalue weighted by Crippen LogP contribution is 2.34. The molecule has 1 aromatic heterocycles. The third-order valence-corrected chi connectivity index (χ3v) is 6.49. The molecule has 1 heterocycles. The summed E-state index contributed by atoms with van der Waals surface area (Å²) in [5, 5.41) is 2.53. The summed E-state index contributed by atoms with van der Waals surface area (Å²) in [5.74, 6) is 0. The Balaban J connectivity index is 1.73. The van der Waals surface area contributed by atoms with Crippen molar-refractivity contribution in [2.45, 2.75) is 56.3 Å². The van der Waals surface area contributed by atoms with Crippen LogP contribution in [0.25, 0.3) is 17.0 Å². The second kappa shape index (κ2) is 9.05. The number of rotatable bonds is 8. The Hall–Kier alpha value is -0.0600. The number of aryl methyl sites for hydroxylation is 1. The lowest BCUT2D eigenvalue weighted by Gasteiger charge is -2.16. The molecule has 1 aromatic carbocycles. The zero-order chi connectivity index (χ0) is 16.9. The van der Waals surface area contributed by atoms with Gasteiger partial charge < -0.3 is 4.57 Å². The summed E-state index contributed by atoms with van der Waals surface area (Å²) in [6, 6.07) is 6.69. The number of halogens is 3. The van der Waals surface area contributed by atoms with Gasteiger partial charge in [0.1, 0.15) is 0 Å². The average Bonchev–Trinajstić information content (AvgIpc) is 2.86. The summed E-state index contributed by atoms with van der Waals surface area (Å²) in [4.78, 5) is 0.459. The average molecular weight is 518 g/mol. The molecule has 24 heavy (non-hydrogen) atoms. The Morgan fingerprint density at radius 1 is 1.04 bits per heavy atom. The molecule has 0 fully saturated rings. The molecule has 3 rings (SSSR count). The Morgan fingerprint density at radius 3 is 2.58 bits per heavy atom. The van der Waals surface area contributed by atoms with Gasteiger partial charge in [0.15, 0.2) is 0 Å². The maximum Gasteiger partial charge on any atom is 0.0500 e. The van der Waals surface area contributed by atoms with Crippen LogP contribution >= 0.6 is 47.8 Å². The number of hydrogen-bond donors (Lipinski definition) is 0. The quantitative estimate of drug-likeness (QED) is 0.253. The number of aromatic nitrogens is 1. The van der Waals surface area contributed by atoms with Crippen molar-refractivity contribution in [2.24, 2.45) is 0 Å². The zero-order valence-electron chi connectivity index (χ0n) is 13.9. The summed E-state index contributed by atoms with van der Waals surface area (Å²) in [6.45, 7) is 1.13. The molecule has 0 saturated carbocycles. The lowest BCUT2D eigenvalue weighted by Crippen LogP contribution is -2.11. The highest BCUT2D eigenvalue weighted by Gasteiger charge is 2.20. The molecule has 0 amide bonds. The Bertz CT molecular complexity index is 717. The summed E-state index contributed by atoms with van der Waals surface area (Å²) in [5.41, 5.74) is 4.29. The number of alkyl halides is 2. The van der Waals surface area contributed by atoms with Gasteiger partial charge >= 0.3 is 0 Å². The van der Waals surface area contributed by atoms with Gasteiger partial charge in [0.05, 0.1) is 0 Å². The van der Waals surface area contributed by atoms with Crippen LogP contribution in [0.1, 0.15) is 49.8 Å². The SMILES string of the molecule is BrCCCCCCCCn1c2c(c3ccc(Br)cc31)C=CC(Br)C2. The molecule has 1 atom stereocenters. The fourth-order valence-electron chi connectivity index (χ4n) is 3.59. The van der Waals surface area contributed by atoms with Gasteiger partial charge in [0.2, 0.25) is 0 Å². The van der Waals surface area contributed by atoms with Crippen LogP contribution in [-0.2, 0) is 13.0 Å². The van der Waals surface area contributed by atoms with Crippen molar-refractivity contribution in [2.75, 3.05) is 5.33 Å². The molecule has 0 aliphatic heterocycles. The van der Waals surface area contributed by atoms with Gasteiger partial charge in [-0.25, -0.2) is 0 Å². The van der Waals surface area contributed by atoms with Gasteiger partial charge in [-0.05, 0) is 25.0 Å². The van der Waals surface area contributed by atoms with Crippen molar-refractivity contribution in [3.63, 3.8) is 0 Å². The first-order valence-electron chi connectivity index (χ1n) is 8.89. The van der Waals surface area contributed by atoms with E-state index < -0.39 is 0 Å². The zero-order valence-corrected chi connectivity index (χ0v) is 18.7. The van der Waals surface area contributed by atoms with E-state index in [0.29, 0.717) is 4.83 Å². The van der Waals surface area contributed by atoms with Crippen molar-refractivity contribution in [3.8, 4) is 0 Å². The third-order valence-electron chi connectivity index (χ3n) is 4.80. The van der Waals surface area contributed by atoms with E-state index in [9.17, 15) is 0 Å². The van der Waals surface area contributed by atoms with E-state index in [0.717, 1.165) is 18.3 Å². The van der Waals surface area contributed by atoms with E-state index in [4.69, 9.17) is 0 Å². The highest BCUT2D eigenvalue weighted by atomic mass is 79.9. The Kier molecular flexibility index (Phi) is 7.06. The number of allylic oxidation sites excluding steroid dienone is 1. The molecule has 1 aliphatic rings. The van der Waals surface area contributed by atoms with Crippen LogP contribution in [0.2, 0.25) is 0 Å². The lowest BCUT2D eigenvalue weighted by atomic mass is 10.0. The first-order chi connectivity index (χ1) is 11.7. The summed E-state index contributed by atoms with van der Waals surface area (Å²) in [6.07, 6.45) is 13.7. The van der Waals surface area contributed by atoms with Crippen molar-refractivity contribution in [1.82, 2.24) is 4.57 Å². The van der Waals surface area contributed by atoms with E-state index in [-0.39, 0.29) is 0 Å². The van der Waals surface area contributed by atoms with Crippen molar-refractivity contribution in [3.05, 3.63) is 40.0 Å². The van der Waals surface area contributed by atoms with Crippen LogP contribution in [0, 0.1) is 0 Å². The summed E-state index contributed by atoms with van der Waals surface area (Å²) < 4.78 is 3.73. The molecular formula is C20H24Br3N. The van der Waals surface area contributed by atoms with Gasteiger partial charge in [-0.15, -0.1) is 0 Å². The second-order valence-electron chi connectivity index (χ2n) is 6.56. The fourth-order valence-corrected chi connectivity index (χ4v) is 4.79. The molecule has 1 aliphatic carbocycles.